The Kier molecular flexibility index (Phi) is 5.19. The Balaban J connectivity index is 1.64. The van der Waals surface area contributed by atoms with Crippen molar-refractivity contribution in [1.82, 2.24) is 9.80 Å². The quantitative estimate of drug-likeness (QED) is 0.895. The molecule has 5 heteroatoms. The van der Waals surface area contributed by atoms with E-state index in [0.29, 0.717) is 19.4 Å². The van der Waals surface area contributed by atoms with Crippen molar-refractivity contribution in [1.29, 1.82) is 0 Å². The molecule has 130 valence electrons. The number of nitrogens with two attached hydrogens (primary N) is 1. The fourth-order valence-corrected chi connectivity index (χ4v) is 4.15. The van der Waals surface area contributed by atoms with Gasteiger partial charge in [-0.2, -0.15) is 0 Å². The van der Waals surface area contributed by atoms with Gasteiger partial charge in [-0.15, -0.1) is 0 Å². The first-order valence-electron chi connectivity index (χ1n) is 8.89. The van der Waals surface area contributed by atoms with Gasteiger partial charge in [0.1, 0.15) is 0 Å². The van der Waals surface area contributed by atoms with Crippen LogP contribution in [0.15, 0.2) is 30.3 Å². The molecule has 0 aliphatic carbocycles. The van der Waals surface area contributed by atoms with Crippen LogP contribution in [0.4, 0.5) is 0 Å². The first kappa shape index (κ1) is 17.0. The van der Waals surface area contributed by atoms with Gasteiger partial charge in [-0.3, -0.25) is 9.59 Å². The number of likely N-dealkylation sites (tertiary alicyclic amines) is 2. The monoisotopic (exact) mass is 329 g/mol. The Morgan fingerprint density at radius 3 is 2.71 bits per heavy atom. The molecule has 1 aromatic carbocycles. The Labute approximate surface area is 143 Å². The molecule has 0 unspecified atom stereocenters. The number of rotatable bonds is 5. The summed E-state index contributed by atoms with van der Waals surface area (Å²) in [5, 5.41) is 0. The zero-order valence-corrected chi connectivity index (χ0v) is 14.2. The van der Waals surface area contributed by atoms with Crippen molar-refractivity contribution in [2.24, 2.45) is 11.1 Å². The summed E-state index contributed by atoms with van der Waals surface area (Å²) in [4.78, 5) is 27.8. The van der Waals surface area contributed by atoms with Gasteiger partial charge in [0.05, 0.1) is 0 Å². The summed E-state index contributed by atoms with van der Waals surface area (Å²) in [5.41, 5.74) is 6.65. The molecule has 1 aromatic rings. The lowest BCUT2D eigenvalue weighted by Crippen LogP contribution is -2.54. The molecule has 24 heavy (non-hydrogen) atoms. The average molecular weight is 329 g/mol. The third kappa shape index (κ3) is 4.15. The molecule has 2 aliphatic rings. The van der Waals surface area contributed by atoms with E-state index in [4.69, 9.17) is 5.73 Å². The highest BCUT2D eigenvalue weighted by Gasteiger charge is 2.41. The molecule has 0 radical (unpaired) electrons. The highest BCUT2D eigenvalue weighted by atomic mass is 16.2. The fraction of sp³-hybridized carbons (Fsp3) is 0.579. The van der Waals surface area contributed by atoms with Crippen LogP contribution in [-0.2, 0) is 16.1 Å². The van der Waals surface area contributed by atoms with Gasteiger partial charge in [-0.1, -0.05) is 30.3 Å². The van der Waals surface area contributed by atoms with Crippen LogP contribution < -0.4 is 5.73 Å². The first-order chi connectivity index (χ1) is 11.6. The summed E-state index contributed by atoms with van der Waals surface area (Å²) in [5.74, 6) is 0.0258. The van der Waals surface area contributed by atoms with Gasteiger partial charge in [0.25, 0.3) is 0 Å². The minimum Gasteiger partial charge on any atom is -0.370 e. The van der Waals surface area contributed by atoms with Crippen LogP contribution in [0, 0.1) is 5.41 Å². The second-order valence-electron chi connectivity index (χ2n) is 7.33. The third-order valence-electron chi connectivity index (χ3n) is 5.38. The number of hydrogen-bond donors (Lipinski definition) is 1. The molecule has 3 rings (SSSR count). The summed E-state index contributed by atoms with van der Waals surface area (Å²) in [6, 6.07) is 10.2. The van der Waals surface area contributed by atoms with Gasteiger partial charge in [0, 0.05) is 44.4 Å². The zero-order valence-electron chi connectivity index (χ0n) is 14.2. The summed E-state index contributed by atoms with van der Waals surface area (Å²) in [7, 11) is 0. The molecule has 2 N–H and O–H groups in total. The van der Waals surface area contributed by atoms with E-state index in [1.165, 1.54) is 12.0 Å². The van der Waals surface area contributed by atoms with Crippen molar-refractivity contribution in [3.05, 3.63) is 35.9 Å². The van der Waals surface area contributed by atoms with Crippen LogP contribution in [0.1, 0.15) is 37.7 Å². The lowest BCUT2D eigenvalue weighted by atomic mass is 9.73. The number of carbonyl (C=O) groups is 2. The van der Waals surface area contributed by atoms with Crippen molar-refractivity contribution in [2.45, 2.75) is 38.6 Å². The molecular weight excluding hydrogens is 302 g/mol. The highest BCUT2D eigenvalue weighted by molar-refractivity contribution is 5.77. The topological polar surface area (TPSA) is 66.6 Å². The van der Waals surface area contributed by atoms with Crippen LogP contribution >= 0.6 is 0 Å². The molecule has 2 amide bonds. The van der Waals surface area contributed by atoms with Gasteiger partial charge in [-0.05, 0) is 31.4 Å². The SMILES string of the molecule is NC(=O)CCN1CCC[C@@]2(CCC(=O)N(Cc3ccccc3)C2)C1. The molecule has 0 saturated carbocycles. The summed E-state index contributed by atoms with van der Waals surface area (Å²) < 4.78 is 0. The second kappa shape index (κ2) is 7.34. The van der Waals surface area contributed by atoms with Crippen LogP contribution in [0.3, 0.4) is 0 Å². The largest absolute Gasteiger partial charge is 0.370 e. The molecule has 2 heterocycles. The Hall–Kier alpha value is -1.88. The number of carbonyl (C=O) groups excluding carboxylic acids is 2. The lowest BCUT2D eigenvalue weighted by molar-refractivity contribution is -0.140. The Bertz CT molecular complexity index is 590. The number of amides is 2. The molecule has 2 saturated heterocycles. The summed E-state index contributed by atoms with van der Waals surface area (Å²) >= 11 is 0. The fourth-order valence-electron chi connectivity index (χ4n) is 4.15. The van der Waals surface area contributed by atoms with Gasteiger partial charge in [0.2, 0.25) is 11.8 Å². The van der Waals surface area contributed by atoms with Crippen molar-refractivity contribution < 1.29 is 9.59 Å². The van der Waals surface area contributed by atoms with Gasteiger partial charge in [0.15, 0.2) is 0 Å². The van der Waals surface area contributed by atoms with Gasteiger partial charge >= 0.3 is 0 Å². The normalized spacial score (nSPS) is 25.2. The minimum absolute atomic E-state index is 0.179. The van der Waals surface area contributed by atoms with E-state index in [-0.39, 0.29) is 17.2 Å². The maximum atomic E-state index is 12.4. The standard InChI is InChI=1S/C19H27N3O2/c20-17(23)8-12-21-11-4-9-19(14-21)10-7-18(24)22(15-19)13-16-5-2-1-3-6-16/h1-3,5-6H,4,7-15H2,(H2,20,23)/t19-/m1/s1. The molecule has 2 aliphatic heterocycles. The van der Waals surface area contributed by atoms with Crippen molar-refractivity contribution >= 4 is 11.8 Å². The molecular formula is C19H27N3O2. The number of hydrogen-bond acceptors (Lipinski definition) is 3. The smallest absolute Gasteiger partial charge is 0.222 e. The van der Waals surface area contributed by atoms with E-state index in [1.807, 2.05) is 23.1 Å². The minimum atomic E-state index is -0.237. The maximum Gasteiger partial charge on any atom is 0.222 e. The van der Waals surface area contributed by atoms with Crippen molar-refractivity contribution in [3.63, 3.8) is 0 Å². The van der Waals surface area contributed by atoms with Crippen LogP contribution in [0.25, 0.3) is 0 Å². The number of benzene rings is 1. The van der Waals surface area contributed by atoms with Crippen LogP contribution in [0.2, 0.25) is 0 Å². The van der Waals surface area contributed by atoms with E-state index < -0.39 is 0 Å². The average Bonchev–Trinajstić information content (AvgIpc) is 2.58. The lowest BCUT2D eigenvalue weighted by Gasteiger charge is -2.48. The van der Waals surface area contributed by atoms with Gasteiger partial charge in [-0.25, -0.2) is 0 Å². The van der Waals surface area contributed by atoms with E-state index >= 15 is 0 Å². The predicted octanol–water partition coefficient (Wildman–Crippen LogP) is 1.77. The second-order valence-corrected chi connectivity index (χ2v) is 7.33. The number of nitrogens with zero attached hydrogens (tertiary/aromatic N) is 2. The third-order valence-corrected chi connectivity index (χ3v) is 5.38. The van der Waals surface area contributed by atoms with E-state index in [9.17, 15) is 9.59 Å². The molecule has 0 bridgehead atoms. The Morgan fingerprint density at radius 1 is 1.17 bits per heavy atom. The summed E-state index contributed by atoms with van der Waals surface area (Å²) in [6.45, 7) is 4.26. The zero-order chi connectivity index (χ0) is 17.0. The predicted molar refractivity (Wildman–Crippen MR) is 93.0 cm³/mol. The molecule has 1 spiro atoms. The van der Waals surface area contributed by atoms with Crippen molar-refractivity contribution in [3.8, 4) is 0 Å². The molecule has 5 nitrogen and oxygen atoms in total. The van der Waals surface area contributed by atoms with E-state index in [2.05, 4.69) is 17.0 Å². The molecule has 0 aromatic heterocycles. The highest BCUT2D eigenvalue weighted by Crippen LogP contribution is 2.39. The van der Waals surface area contributed by atoms with Gasteiger partial charge < -0.3 is 15.5 Å². The number of primary amides is 1. The molecule has 2 fully saturated rings. The number of piperidine rings is 2. The maximum absolute atomic E-state index is 12.4. The van der Waals surface area contributed by atoms with Crippen LogP contribution in [-0.4, -0.2) is 47.8 Å². The first-order valence-corrected chi connectivity index (χ1v) is 8.89. The van der Waals surface area contributed by atoms with E-state index in [1.54, 1.807) is 0 Å². The van der Waals surface area contributed by atoms with Crippen LogP contribution in [0.5, 0.6) is 0 Å². The summed E-state index contributed by atoms with van der Waals surface area (Å²) in [6.07, 6.45) is 4.31. The Morgan fingerprint density at radius 2 is 1.96 bits per heavy atom. The van der Waals surface area contributed by atoms with E-state index in [0.717, 1.165) is 39.0 Å². The molecule has 1 atom stereocenters. The van der Waals surface area contributed by atoms with Crippen molar-refractivity contribution in [2.75, 3.05) is 26.2 Å².